The summed E-state index contributed by atoms with van der Waals surface area (Å²) in [7, 11) is 1.61. The average molecular weight is 565 g/mol. The van der Waals surface area contributed by atoms with Crippen molar-refractivity contribution in [1.82, 2.24) is 20.2 Å². The molecule has 0 spiro atoms. The normalized spacial score (nSPS) is 14.0. The molecule has 220 valence electrons. The van der Waals surface area contributed by atoms with Crippen LogP contribution in [0.15, 0.2) is 42.7 Å². The second-order valence-electron chi connectivity index (χ2n) is 11.2. The Morgan fingerprint density at radius 3 is 2.44 bits per heavy atom. The summed E-state index contributed by atoms with van der Waals surface area (Å²) >= 11 is 0. The molecule has 1 aliphatic heterocycles. The molecule has 3 aromatic rings. The summed E-state index contributed by atoms with van der Waals surface area (Å²) in [6, 6.07) is 10.9. The fourth-order valence-electron chi connectivity index (χ4n) is 4.28. The van der Waals surface area contributed by atoms with E-state index in [1.54, 1.807) is 19.2 Å². The highest BCUT2D eigenvalue weighted by Gasteiger charge is 2.16. The molecule has 0 atom stereocenters. The molecule has 0 unspecified atom stereocenters. The lowest BCUT2D eigenvalue weighted by atomic mass is 9.97. The topological polar surface area (TPSA) is 127 Å². The monoisotopic (exact) mass is 564 g/mol. The van der Waals surface area contributed by atoms with Crippen LogP contribution in [0.3, 0.4) is 0 Å². The molecule has 0 radical (unpaired) electrons. The zero-order valence-electron chi connectivity index (χ0n) is 24.3. The first-order valence-corrected chi connectivity index (χ1v) is 13.9. The van der Waals surface area contributed by atoms with Crippen LogP contribution >= 0.6 is 0 Å². The number of anilines is 3. The van der Waals surface area contributed by atoms with E-state index in [1.807, 2.05) is 45.0 Å². The van der Waals surface area contributed by atoms with Crippen molar-refractivity contribution in [3.05, 3.63) is 42.7 Å². The first-order valence-electron chi connectivity index (χ1n) is 13.9. The third-order valence-corrected chi connectivity index (χ3v) is 6.47. The average Bonchev–Trinajstić information content (AvgIpc) is 2.95. The van der Waals surface area contributed by atoms with Crippen molar-refractivity contribution in [3.8, 4) is 11.5 Å². The Morgan fingerprint density at radius 2 is 1.73 bits per heavy atom. The van der Waals surface area contributed by atoms with Crippen molar-refractivity contribution in [2.24, 2.45) is 5.41 Å². The van der Waals surface area contributed by atoms with Gasteiger partial charge in [0.25, 0.3) is 0 Å². The van der Waals surface area contributed by atoms with Gasteiger partial charge in [-0.3, -0.25) is 14.5 Å². The van der Waals surface area contributed by atoms with E-state index in [4.69, 9.17) is 14.2 Å². The lowest BCUT2D eigenvalue weighted by Gasteiger charge is -2.26. The van der Waals surface area contributed by atoms with Crippen LogP contribution < -0.4 is 25.4 Å². The number of ether oxygens (including phenoxy) is 3. The fraction of sp³-hybridized carbons (Fsp3) is 0.467. The molecule has 4 rings (SSSR count). The van der Waals surface area contributed by atoms with Gasteiger partial charge in [0.2, 0.25) is 11.8 Å². The molecule has 1 fully saturated rings. The summed E-state index contributed by atoms with van der Waals surface area (Å²) in [4.78, 5) is 35.6. The minimum Gasteiger partial charge on any atom is -0.493 e. The molecule has 1 aromatic heterocycles. The SMILES string of the molecule is COc1cc2ncnc(Nc3ccc(NC(=O)CC(=O)NCC(C)(C)C)cc3)c2cc1OCCCN1CCOCC1. The maximum atomic E-state index is 12.3. The van der Waals surface area contributed by atoms with Crippen LogP contribution in [0.5, 0.6) is 11.5 Å². The van der Waals surface area contributed by atoms with Crippen LogP contribution in [0, 0.1) is 5.41 Å². The van der Waals surface area contributed by atoms with E-state index in [0.717, 1.165) is 50.3 Å². The molecular formula is C30H40N6O5. The van der Waals surface area contributed by atoms with Crippen LogP contribution in [0.4, 0.5) is 17.2 Å². The number of nitrogens with one attached hydrogen (secondary N) is 3. The van der Waals surface area contributed by atoms with Gasteiger partial charge in [0.1, 0.15) is 18.6 Å². The summed E-state index contributed by atoms with van der Waals surface area (Å²) in [5.74, 6) is 1.18. The van der Waals surface area contributed by atoms with Crippen molar-refractivity contribution >= 4 is 39.9 Å². The predicted octanol–water partition coefficient (Wildman–Crippen LogP) is 3.97. The van der Waals surface area contributed by atoms with Crippen LogP contribution in [-0.2, 0) is 14.3 Å². The van der Waals surface area contributed by atoms with Crippen LogP contribution in [0.1, 0.15) is 33.6 Å². The maximum absolute atomic E-state index is 12.3. The van der Waals surface area contributed by atoms with Gasteiger partial charge in [-0.1, -0.05) is 20.8 Å². The van der Waals surface area contributed by atoms with Crippen LogP contribution in [-0.4, -0.2) is 79.8 Å². The summed E-state index contributed by atoms with van der Waals surface area (Å²) in [6.07, 6.45) is 2.15. The van der Waals surface area contributed by atoms with Crippen molar-refractivity contribution in [1.29, 1.82) is 0 Å². The lowest BCUT2D eigenvalue weighted by Crippen LogP contribution is -2.37. The quantitative estimate of drug-likeness (QED) is 0.221. The minimum atomic E-state index is -0.370. The predicted molar refractivity (Wildman–Crippen MR) is 159 cm³/mol. The van der Waals surface area contributed by atoms with Crippen molar-refractivity contribution in [2.75, 3.05) is 63.7 Å². The van der Waals surface area contributed by atoms with E-state index in [-0.39, 0.29) is 23.7 Å². The molecule has 0 aliphatic carbocycles. The zero-order valence-corrected chi connectivity index (χ0v) is 24.3. The van der Waals surface area contributed by atoms with Gasteiger partial charge in [0.15, 0.2) is 11.5 Å². The third kappa shape index (κ3) is 9.29. The highest BCUT2D eigenvalue weighted by Crippen LogP contribution is 2.35. The molecule has 0 saturated carbocycles. The third-order valence-electron chi connectivity index (χ3n) is 6.47. The summed E-state index contributed by atoms with van der Waals surface area (Å²) in [5.41, 5.74) is 2.03. The molecular weight excluding hydrogens is 524 g/mol. The zero-order chi connectivity index (χ0) is 29.2. The number of morpholine rings is 1. The molecule has 0 bridgehead atoms. The molecule has 2 amide bonds. The van der Waals surface area contributed by atoms with E-state index >= 15 is 0 Å². The number of rotatable bonds is 12. The van der Waals surface area contributed by atoms with E-state index in [0.29, 0.717) is 41.7 Å². The van der Waals surface area contributed by atoms with Crippen molar-refractivity contribution in [3.63, 3.8) is 0 Å². The Labute approximate surface area is 241 Å². The molecule has 41 heavy (non-hydrogen) atoms. The number of hydrogen-bond donors (Lipinski definition) is 3. The number of hydrogen-bond acceptors (Lipinski definition) is 9. The molecule has 11 nitrogen and oxygen atoms in total. The fourth-order valence-corrected chi connectivity index (χ4v) is 4.28. The number of nitrogens with zero attached hydrogens (tertiary/aromatic N) is 3. The van der Waals surface area contributed by atoms with E-state index in [1.165, 1.54) is 6.33 Å². The number of aromatic nitrogens is 2. The van der Waals surface area contributed by atoms with E-state index < -0.39 is 0 Å². The van der Waals surface area contributed by atoms with Crippen molar-refractivity contribution < 1.29 is 23.8 Å². The van der Waals surface area contributed by atoms with Crippen LogP contribution in [0.25, 0.3) is 10.9 Å². The molecule has 2 heterocycles. The van der Waals surface area contributed by atoms with Gasteiger partial charge in [-0.15, -0.1) is 0 Å². The minimum absolute atomic E-state index is 0.0479. The molecule has 2 aromatic carbocycles. The Morgan fingerprint density at radius 1 is 1.00 bits per heavy atom. The second-order valence-corrected chi connectivity index (χ2v) is 11.2. The number of fused-ring (bicyclic) bond motifs is 1. The lowest BCUT2D eigenvalue weighted by molar-refractivity contribution is -0.127. The second kappa shape index (κ2) is 14.1. The Balaban J connectivity index is 1.36. The van der Waals surface area contributed by atoms with Crippen LogP contribution in [0.2, 0.25) is 0 Å². The molecule has 1 aliphatic rings. The van der Waals surface area contributed by atoms with Gasteiger partial charge in [0.05, 0.1) is 32.4 Å². The number of carbonyl (C=O) groups excluding carboxylic acids is 2. The Bertz CT molecular complexity index is 1320. The van der Waals surface area contributed by atoms with Gasteiger partial charge in [-0.05, 0) is 42.2 Å². The highest BCUT2D eigenvalue weighted by molar-refractivity contribution is 6.03. The number of benzene rings is 2. The Hall–Kier alpha value is -3.96. The number of amides is 2. The van der Waals surface area contributed by atoms with Gasteiger partial charge < -0.3 is 30.2 Å². The van der Waals surface area contributed by atoms with Gasteiger partial charge >= 0.3 is 0 Å². The van der Waals surface area contributed by atoms with Crippen molar-refractivity contribution in [2.45, 2.75) is 33.6 Å². The van der Waals surface area contributed by atoms with E-state index in [9.17, 15) is 9.59 Å². The number of methoxy groups -OCH3 is 1. The standard InChI is InChI=1S/C30H40N6O5/c1-30(2,3)19-31-27(37)18-28(38)34-21-6-8-22(9-7-21)35-29-23-16-26(25(39-4)17-24(23)32-20-33-29)41-13-5-10-36-11-14-40-15-12-36/h6-9,16-17,20H,5,10-15,18-19H2,1-4H3,(H,31,37)(H,34,38)(H,32,33,35). The molecule has 11 heteroatoms. The Kier molecular flexibility index (Phi) is 10.3. The van der Waals surface area contributed by atoms with Gasteiger partial charge in [0, 0.05) is 49.0 Å². The highest BCUT2D eigenvalue weighted by atomic mass is 16.5. The summed E-state index contributed by atoms with van der Waals surface area (Å²) in [5, 5.41) is 9.66. The first kappa shape index (κ1) is 30.0. The van der Waals surface area contributed by atoms with Gasteiger partial charge in [-0.2, -0.15) is 0 Å². The smallest absolute Gasteiger partial charge is 0.233 e. The molecule has 3 N–H and O–H groups in total. The number of carbonyl (C=O) groups is 2. The summed E-state index contributed by atoms with van der Waals surface area (Å²) < 4.78 is 17.1. The first-order chi connectivity index (χ1) is 19.7. The molecule has 1 saturated heterocycles. The largest absolute Gasteiger partial charge is 0.493 e. The van der Waals surface area contributed by atoms with Gasteiger partial charge in [-0.25, -0.2) is 9.97 Å². The van der Waals surface area contributed by atoms with E-state index in [2.05, 4.69) is 30.8 Å². The summed E-state index contributed by atoms with van der Waals surface area (Å²) in [6.45, 7) is 11.5. The maximum Gasteiger partial charge on any atom is 0.233 e.